The van der Waals surface area contributed by atoms with Crippen LogP contribution in [0.1, 0.15) is 0 Å². The van der Waals surface area contributed by atoms with E-state index in [0.29, 0.717) is 19.8 Å². The van der Waals surface area contributed by atoms with Crippen LogP contribution in [0, 0.1) is 0 Å². The topological polar surface area (TPSA) is 0 Å². The van der Waals surface area contributed by atoms with Crippen molar-refractivity contribution in [3.05, 3.63) is 0 Å². The van der Waals surface area contributed by atoms with Gasteiger partial charge in [0, 0.05) is 0 Å². The maximum atomic E-state index is 2.22. The van der Waals surface area contributed by atoms with Gasteiger partial charge in [-0.25, -0.2) is 0 Å². The molecule has 0 aromatic carbocycles. The fraction of sp³-hybridized carbons (Fsp3) is 1.00. The van der Waals surface area contributed by atoms with Gasteiger partial charge in [0.1, 0.15) is 0 Å². The van der Waals surface area contributed by atoms with Gasteiger partial charge in [-0.1, -0.05) is 0 Å². The Morgan fingerprint density at radius 1 is 1.25 bits per heavy atom. The Morgan fingerprint density at radius 3 is 1.25 bits per heavy atom. The van der Waals surface area contributed by atoms with E-state index >= 15 is 0 Å². The number of hydrogen-bond donors (Lipinski definition) is 0. The summed E-state index contributed by atoms with van der Waals surface area (Å²) in [5.74, 6) is 0. The molecule has 0 aliphatic rings. The quantitative estimate of drug-likeness (QED) is 0.459. The van der Waals surface area contributed by atoms with E-state index in [1.54, 1.807) is 0 Å². The molecule has 0 spiro atoms. The molecule has 0 unspecified atom stereocenters. The van der Waals surface area contributed by atoms with Crippen molar-refractivity contribution in [2.24, 2.45) is 0 Å². The third-order valence-corrected chi connectivity index (χ3v) is 0. The van der Waals surface area contributed by atoms with Crippen molar-refractivity contribution >= 4 is 24.0 Å². The molecule has 2 heteroatoms. The molecule has 0 saturated heterocycles. The molecule has 0 heterocycles. The van der Waals surface area contributed by atoms with Gasteiger partial charge in [0.2, 0.25) is 0 Å². The minimum absolute atomic E-state index is 0. The van der Waals surface area contributed by atoms with Crippen LogP contribution in [0.4, 0.5) is 0 Å². The van der Waals surface area contributed by atoms with Crippen molar-refractivity contribution in [3.63, 3.8) is 0 Å². The second kappa shape index (κ2) is 8.82. The van der Waals surface area contributed by atoms with Gasteiger partial charge >= 0.3 is 30.0 Å². The summed E-state index contributed by atoms with van der Waals surface area (Å²) in [6.45, 7) is 0. The number of halogens is 1. The maximum absolute atomic E-state index is 2.22. The van der Waals surface area contributed by atoms with E-state index in [-0.39, 0.29) is 24.0 Å². The molecule has 0 aliphatic carbocycles. The summed E-state index contributed by atoms with van der Waals surface area (Å²) in [6.07, 6.45) is 0. The van der Waals surface area contributed by atoms with Crippen LogP contribution < -0.4 is 0 Å². The van der Waals surface area contributed by atoms with E-state index in [1.165, 1.54) is 0 Å². The molecule has 0 N–H and O–H groups in total. The zero-order valence-corrected chi connectivity index (χ0v) is 7.21. The van der Waals surface area contributed by atoms with E-state index in [4.69, 9.17) is 0 Å². The number of hydrogen-bond acceptors (Lipinski definition) is 0. The molecular weight excluding hydrogens is 348 g/mol. The predicted octanol–water partition coefficient (Wildman–Crippen LogP) is 1.78. The van der Waals surface area contributed by atoms with Crippen molar-refractivity contribution < 1.29 is 19.8 Å². The molecule has 0 aromatic rings. The van der Waals surface area contributed by atoms with Crippen LogP contribution in [-0.2, 0) is 19.8 Å². The van der Waals surface area contributed by atoms with Gasteiger partial charge in [-0.3, -0.25) is 0 Å². The van der Waals surface area contributed by atoms with Crippen molar-refractivity contribution in [1.29, 1.82) is 0 Å². The van der Waals surface area contributed by atoms with Crippen LogP contribution >= 0.6 is 24.0 Å². The van der Waals surface area contributed by atoms with Crippen LogP contribution in [0.2, 0.25) is 10.3 Å². The van der Waals surface area contributed by atoms with E-state index in [9.17, 15) is 0 Å². The molecule has 0 aliphatic heterocycles. The van der Waals surface area contributed by atoms with Gasteiger partial charge in [0.25, 0.3) is 0 Å². The van der Waals surface area contributed by atoms with Crippen LogP contribution in [0.3, 0.4) is 0 Å². The van der Waals surface area contributed by atoms with Crippen LogP contribution in [-0.4, -0.2) is 0 Å². The molecular formula is C2H7AuI. The molecule has 4 heavy (non-hydrogen) atoms. The average molecular weight is 355 g/mol. The Kier molecular flexibility index (Phi) is 20.0. The SMILES string of the molecule is I.[CH3][Au][CH3]. The third-order valence-electron chi connectivity index (χ3n) is 0. The van der Waals surface area contributed by atoms with E-state index in [1.807, 2.05) is 0 Å². The predicted molar refractivity (Wildman–Crippen MR) is 27.1 cm³/mol. The van der Waals surface area contributed by atoms with Gasteiger partial charge in [-0.05, 0) is 0 Å². The molecule has 0 fully saturated rings. The summed E-state index contributed by atoms with van der Waals surface area (Å²) in [6, 6.07) is 0. The Hall–Kier alpha value is 1.47. The zero-order valence-electron chi connectivity index (χ0n) is 2.71. The molecule has 0 amide bonds. The van der Waals surface area contributed by atoms with Crippen molar-refractivity contribution in [1.82, 2.24) is 0 Å². The third kappa shape index (κ3) is 9.80. The van der Waals surface area contributed by atoms with E-state index in [0.717, 1.165) is 0 Å². The summed E-state index contributed by atoms with van der Waals surface area (Å²) in [4.78, 5) is 0. The number of rotatable bonds is 0. The zero-order chi connectivity index (χ0) is 2.71. The Morgan fingerprint density at radius 2 is 1.25 bits per heavy atom. The summed E-state index contributed by atoms with van der Waals surface area (Å²) in [7, 11) is 0. The Balaban J connectivity index is 0. The van der Waals surface area contributed by atoms with Crippen molar-refractivity contribution in [2.75, 3.05) is 0 Å². The van der Waals surface area contributed by atoms with Crippen LogP contribution in [0.25, 0.3) is 0 Å². The average Bonchev–Trinajstić information content (AvgIpc) is 0.918. The molecule has 0 nitrogen and oxygen atoms in total. The Bertz CT molecular complexity index is 6.00. The summed E-state index contributed by atoms with van der Waals surface area (Å²) >= 11 is 0.667. The molecule has 33 valence electrons. The standard InChI is InChI=1S/2CH3.Au.HI/h2*1H3;;1H. The summed E-state index contributed by atoms with van der Waals surface area (Å²) < 4.78 is 0. The second-order valence-corrected chi connectivity index (χ2v) is 2.47. The first-order chi connectivity index (χ1) is 1.41. The van der Waals surface area contributed by atoms with Crippen LogP contribution in [0.5, 0.6) is 0 Å². The minimum atomic E-state index is 0. The first-order valence-corrected chi connectivity index (χ1v) is 4.94. The molecule has 0 atom stereocenters. The van der Waals surface area contributed by atoms with Gasteiger partial charge in [-0.2, -0.15) is 0 Å². The van der Waals surface area contributed by atoms with Crippen molar-refractivity contribution in [3.8, 4) is 0 Å². The second-order valence-electron chi connectivity index (χ2n) is 0.302. The Labute approximate surface area is 53.7 Å². The van der Waals surface area contributed by atoms with Gasteiger partial charge in [-0.15, -0.1) is 24.0 Å². The molecule has 0 radical (unpaired) electrons. The van der Waals surface area contributed by atoms with E-state index in [2.05, 4.69) is 10.3 Å². The summed E-state index contributed by atoms with van der Waals surface area (Å²) in [5.41, 5.74) is 0. The first kappa shape index (κ1) is 9.08. The van der Waals surface area contributed by atoms with E-state index < -0.39 is 0 Å². The normalized spacial score (nSPS) is 5.50. The fourth-order valence-electron chi connectivity index (χ4n) is 0. The van der Waals surface area contributed by atoms with Crippen LogP contribution in [0.15, 0.2) is 0 Å². The molecule has 0 aromatic heterocycles. The van der Waals surface area contributed by atoms with Gasteiger partial charge in [0.15, 0.2) is 0 Å². The fourth-order valence-corrected chi connectivity index (χ4v) is 0. The molecule has 0 saturated carbocycles. The molecule has 0 rings (SSSR count). The first-order valence-electron chi connectivity index (χ1n) is 0.603. The van der Waals surface area contributed by atoms with Gasteiger partial charge < -0.3 is 0 Å². The molecule has 0 bridgehead atoms. The van der Waals surface area contributed by atoms with Gasteiger partial charge in [0.05, 0.1) is 0 Å². The summed E-state index contributed by atoms with van der Waals surface area (Å²) in [5, 5.41) is 4.44. The monoisotopic (exact) mass is 355 g/mol. The van der Waals surface area contributed by atoms with Crippen molar-refractivity contribution in [2.45, 2.75) is 10.3 Å².